The molecule has 3 aromatic rings. The van der Waals surface area contributed by atoms with Crippen LogP contribution in [0.1, 0.15) is 36.1 Å². The molecule has 0 radical (unpaired) electrons. The van der Waals surface area contributed by atoms with Gasteiger partial charge in [0.1, 0.15) is 0 Å². The van der Waals surface area contributed by atoms with E-state index in [1.54, 1.807) is 12.1 Å². The maximum absolute atomic E-state index is 12.4. The predicted octanol–water partition coefficient (Wildman–Crippen LogP) is 4.12. The fourth-order valence-electron chi connectivity index (χ4n) is 2.82. The molecule has 2 amide bonds. The summed E-state index contributed by atoms with van der Waals surface area (Å²) in [6, 6.07) is 16.3. The standard InChI is InChI=1S/C21H22IN5O2S/c1-3-27-19(14(2)23-20(29)15-7-5-4-6-8-15)25-26-21(27)30-13-18(28)24-17-11-9-16(22)10-12-17/h4-12,14H,3,13H2,1-2H3,(H,23,29)(H,24,28)/t14-/m1/s1. The molecule has 3 rings (SSSR count). The van der Waals surface area contributed by atoms with Crippen molar-refractivity contribution in [2.45, 2.75) is 31.6 Å². The number of hydrogen-bond donors (Lipinski definition) is 2. The average Bonchev–Trinajstić information content (AvgIpc) is 3.17. The number of benzene rings is 2. The zero-order valence-electron chi connectivity index (χ0n) is 16.6. The van der Waals surface area contributed by atoms with Crippen LogP contribution in [0.5, 0.6) is 0 Å². The number of amides is 2. The molecule has 1 heterocycles. The van der Waals surface area contributed by atoms with E-state index in [4.69, 9.17) is 0 Å². The Labute approximate surface area is 193 Å². The van der Waals surface area contributed by atoms with E-state index in [1.165, 1.54) is 11.8 Å². The number of carbonyl (C=O) groups excluding carboxylic acids is 2. The Kier molecular flexibility index (Phi) is 7.86. The highest BCUT2D eigenvalue weighted by molar-refractivity contribution is 14.1. The molecule has 9 heteroatoms. The number of aromatic nitrogens is 3. The Balaban J connectivity index is 1.61. The van der Waals surface area contributed by atoms with Gasteiger partial charge >= 0.3 is 0 Å². The smallest absolute Gasteiger partial charge is 0.251 e. The van der Waals surface area contributed by atoms with Crippen LogP contribution in [0, 0.1) is 3.57 Å². The Hall–Kier alpha value is -2.40. The van der Waals surface area contributed by atoms with E-state index in [9.17, 15) is 9.59 Å². The monoisotopic (exact) mass is 535 g/mol. The number of carbonyl (C=O) groups is 2. The lowest BCUT2D eigenvalue weighted by molar-refractivity contribution is -0.113. The number of rotatable bonds is 8. The Morgan fingerprint density at radius 3 is 2.47 bits per heavy atom. The number of thioether (sulfide) groups is 1. The minimum Gasteiger partial charge on any atom is -0.342 e. The maximum atomic E-state index is 12.4. The second-order valence-corrected chi connectivity index (χ2v) is 8.68. The maximum Gasteiger partial charge on any atom is 0.251 e. The molecule has 7 nitrogen and oxygen atoms in total. The molecule has 0 unspecified atom stereocenters. The minimum atomic E-state index is -0.319. The van der Waals surface area contributed by atoms with Gasteiger partial charge in [0.15, 0.2) is 11.0 Å². The van der Waals surface area contributed by atoms with Crippen molar-refractivity contribution in [1.29, 1.82) is 0 Å². The van der Waals surface area contributed by atoms with Gasteiger partial charge in [-0.1, -0.05) is 30.0 Å². The highest BCUT2D eigenvalue weighted by atomic mass is 127. The molecule has 2 N–H and O–H groups in total. The summed E-state index contributed by atoms with van der Waals surface area (Å²) in [6.07, 6.45) is 0. The topological polar surface area (TPSA) is 88.9 Å². The van der Waals surface area contributed by atoms with E-state index < -0.39 is 0 Å². The number of hydrogen-bond acceptors (Lipinski definition) is 5. The van der Waals surface area contributed by atoms with Gasteiger partial charge in [0.05, 0.1) is 11.8 Å². The quantitative estimate of drug-likeness (QED) is 0.335. The van der Waals surface area contributed by atoms with Crippen molar-refractivity contribution in [3.05, 3.63) is 69.6 Å². The average molecular weight is 535 g/mol. The summed E-state index contributed by atoms with van der Waals surface area (Å²) in [7, 11) is 0. The lowest BCUT2D eigenvalue weighted by Crippen LogP contribution is -2.28. The number of halogens is 1. The Morgan fingerprint density at radius 2 is 1.80 bits per heavy atom. The lowest BCUT2D eigenvalue weighted by atomic mass is 10.2. The van der Waals surface area contributed by atoms with E-state index in [2.05, 4.69) is 43.4 Å². The van der Waals surface area contributed by atoms with Gasteiger partial charge in [-0.05, 0) is 72.8 Å². The van der Waals surface area contributed by atoms with E-state index in [0.717, 1.165) is 9.26 Å². The van der Waals surface area contributed by atoms with Crippen molar-refractivity contribution in [1.82, 2.24) is 20.1 Å². The normalized spacial score (nSPS) is 11.7. The molecule has 0 saturated heterocycles. The first-order valence-electron chi connectivity index (χ1n) is 9.45. The van der Waals surface area contributed by atoms with Gasteiger partial charge in [0.25, 0.3) is 5.91 Å². The summed E-state index contributed by atoms with van der Waals surface area (Å²) in [6.45, 7) is 4.48. The van der Waals surface area contributed by atoms with Crippen molar-refractivity contribution < 1.29 is 9.59 Å². The molecule has 0 saturated carbocycles. The molecule has 0 spiro atoms. The Morgan fingerprint density at radius 1 is 1.10 bits per heavy atom. The van der Waals surface area contributed by atoms with Crippen LogP contribution >= 0.6 is 34.4 Å². The molecule has 1 aromatic heterocycles. The van der Waals surface area contributed by atoms with Gasteiger partial charge in [-0.2, -0.15) is 0 Å². The van der Waals surface area contributed by atoms with Gasteiger partial charge in [-0.25, -0.2) is 0 Å². The van der Waals surface area contributed by atoms with Gasteiger partial charge in [0.2, 0.25) is 5.91 Å². The number of nitrogens with one attached hydrogen (secondary N) is 2. The zero-order valence-corrected chi connectivity index (χ0v) is 19.6. The summed E-state index contributed by atoms with van der Waals surface area (Å²) in [5, 5.41) is 14.9. The van der Waals surface area contributed by atoms with Crippen LogP contribution in [0.25, 0.3) is 0 Å². The van der Waals surface area contributed by atoms with Crippen molar-refractivity contribution in [2.24, 2.45) is 0 Å². The SMILES string of the molecule is CCn1c(SCC(=O)Nc2ccc(I)cc2)nnc1[C@@H](C)NC(=O)c1ccccc1. The van der Waals surface area contributed by atoms with Gasteiger partial charge in [0, 0.05) is 21.4 Å². The van der Waals surface area contributed by atoms with E-state index in [1.807, 2.05) is 60.9 Å². The molecule has 0 aliphatic carbocycles. The van der Waals surface area contributed by atoms with Gasteiger partial charge in [-0.3, -0.25) is 9.59 Å². The second kappa shape index (κ2) is 10.6. The van der Waals surface area contributed by atoms with Crippen LogP contribution in [-0.2, 0) is 11.3 Å². The third-order valence-corrected chi connectivity index (χ3v) is 5.98. The predicted molar refractivity (Wildman–Crippen MR) is 127 cm³/mol. The summed E-state index contributed by atoms with van der Waals surface area (Å²) in [4.78, 5) is 24.7. The van der Waals surface area contributed by atoms with E-state index >= 15 is 0 Å². The highest BCUT2D eigenvalue weighted by Gasteiger charge is 2.20. The summed E-state index contributed by atoms with van der Waals surface area (Å²) in [5.41, 5.74) is 1.35. The molecular formula is C21H22IN5O2S. The zero-order chi connectivity index (χ0) is 21.5. The van der Waals surface area contributed by atoms with Gasteiger partial charge < -0.3 is 15.2 Å². The summed E-state index contributed by atoms with van der Waals surface area (Å²) in [5.74, 6) is 0.593. The first-order chi connectivity index (χ1) is 14.5. The Bertz CT molecular complexity index is 1010. The molecule has 0 bridgehead atoms. The first kappa shape index (κ1) is 22.3. The third kappa shape index (κ3) is 5.82. The van der Waals surface area contributed by atoms with Crippen LogP contribution in [0.15, 0.2) is 59.8 Å². The third-order valence-electron chi connectivity index (χ3n) is 4.29. The number of nitrogens with zero attached hydrogens (tertiary/aromatic N) is 3. The van der Waals surface area contributed by atoms with Crippen LogP contribution in [0.3, 0.4) is 0 Å². The molecule has 30 heavy (non-hydrogen) atoms. The van der Waals surface area contributed by atoms with Crippen LogP contribution in [0.2, 0.25) is 0 Å². The minimum absolute atomic E-state index is 0.112. The first-order valence-corrected chi connectivity index (χ1v) is 11.5. The molecular weight excluding hydrogens is 513 g/mol. The number of anilines is 1. The fraction of sp³-hybridized carbons (Fsp3) is 0.238. The largest absolute Gasteiger partial charge is 0.342 e. The molecule has 0 aliphatic rings. The fourth-order valence-corrected chi connectivity index (χ4v) is 3.99. The lowest BCUT2D eigenvalue weighted by Gasteiger charge is -2.15. The van der Waals surface area contributed by atoms with Crippen molar-refractivity contribution in [3.8, 4) is 0 Å². The van der Waals surface area contributed by atoms with E-state index in [-0.39, 0.29) is 23.6 Å². The molecule has 1 atom stereocenters. The van der Waals surface area contributed by atoms with Crippen molar-refractivity contribution in [2.75, 3.05) is 11.1 Å². The summed E-state index contributed by atoms with van der Waals surface area (Å²) >= 11 is 3.54. The second-order valence-electron chi connectivity index (χ2n) is 6.49. The molecule has 156 valence electrons. The molecule has 0 aliphatic heterocycles. The molecule has 2 aromatic carbocycles. The van der Waals surface area contributed by atoms with E-state index in [0.29, 0.717) is 23.1 Å². The highest BCUT2D eigenvalue weighted by Crippen LogP contribution is 2.21. The van der Waals surface area contributed by atoms with Crippen molar-refractivity contribution >= 4 is 51.9 Å². The summed E-state index contributed by atoms with van der Waals surface area (Å²) < 4.78 is 3.02. The molecule has 0 fully saturated rings. The van der Waals surface area contributed by atoms with Crippen LogP contribution in [-0.4, -0.2) is 32.3 Å². The van der Waals surface area contributed by atoms with Crippen LogP contribution in [0.4, 0.5) is 5.69 Å². The van der Waals surface area contributed by atoms with Crippen LogP contribution < -0.4 is 10.6 Å². The van der Waals surface area contributed by atoms with Gasteiger partial charge in [-0.15, -0.1) is 10.2 Å². The van der Waals surface area contributed by atoms with Crippen molar-refractivity contribution in [3.63, 3.8) is 0 Å².